The molecule has 2 aliphatic heterocycles. The molecular weight excluding hydrogens is 180 g/mol. The highest BCUT2D eigenvalue weighted by molar-refractivity contribution is 5.98. The molecule has 1 N–H and O–H groups in total. The van der Waals surface area contributed by atoms with Crippen LogP contribution in [0.25, 0.3) is 0 Å². The molecule has 2 rings (SSSR count). The van der Waals surface area contributed by atoms with Gasteiger partial charge >= 0.3 is 0 Å². The van der Waals surface area contributed by atoms with Gasteiger partial charge in [0, 0.05) is 19.4 Å². The summed E-state index contributed by atoms with van der Waals surface area (Å²) in [5, 5.41) is 3.21. The molecule has 2 saturated heterocycles. The smallest absolute Gasteiger partial charge is 0.229 e. The van der Waals surface area contributed by atoms with Crippen LogP contribution in [0.15, 0.2) is 0 Å². The van der Waals surface area contributed by atoms with Gasteiger partial charge in [-0.1, -0.05) is 0 Å². The molecule has 2 aliphatic rings. The summed E-state index contributed by atoms with van der Waals surface area (Å²) in [6.07, 6.45) is 2.66. The molecular formula is C10H16N2O2. The molecule has 0 aromatic rings. The van der Waals surface area contributed by atoms with Crippen LogP contribution < -0.4 is 5.32 Å². The normalized spacial score (nSPS) is 33.9. The van der Waals surface area contributed by atoms with Crippen LogP contribution in [0.3, 0.4) is 0 Å². The first-order valence-electron chi connectivity index (χ1n) is 5.20. The minimum Gasteiger partial charge on any atom is -0.314 e. The fourth-order valence-corrected chi connectivity index (χ4v) is 2.35. The summed E-state index contributed by atoms with van der Waals surface area (Å²) in [4.78, 5) is 24.8. The van der Waals surface area contributed by atoms with Crippen molar-refractivity contribution >= 4 is 11.8 Å². The van der Waals surface area contributed by atoms with Gasteiger partial charge in [-0.2, -0.15) is 0 Å². The molecule has 1 atom stereocenters. The van der Waals surface area contributed by atoms with Gasteiger partial charge in [-0.3, -0.25) is 14.5 Å². The third-order valence-electron chi connectivity index (χ3n) is 3.17. The van der Waals surface area contributed by atoms with Crippen LogP contribution in [-0.2, 0) is 9.59 Å². The molecule has 0 aromatic carbocycles. The first-order valence-corrected chi connectivity index (χ1v) is 5.20. The summed E-state index contributed by atoms with van der Waals surface area (Å²) in [5.41, 5.74) is -0.269. The molecule has 0 spiro atoms. The number of rotatable bonds is 1. The first kappa shape index (κ1) is 9.65. The van der Waals surface area contributed by atoms with Gasteiger partial charge in [0.25, 0.3) is 0 Å². The molecule has 0 aliphatic carbocycles. The Morgan fingerprint density at radius 2 is 1.93 bits per heavy atom. The predicted octanol–water partition coefficient (Wildman–Crippen LogP) is 0.278. The molecule has 0 aromatic heterocycles. The van der Waals surface area contributed by atoms with Gasteiger partial charge in [-0.25, -0.2) is 0 Å². The third-order valence-corrected chi connectivity index (χ3v) is 3.17. The number of nitrogens with one attached hydrogen (secondary N) is 1. The van der Waals surface area contributed by atoms with Gasteiger partial charge in [-0.05, 0) is 26.3 Å². The maximum atomic E-state index is 11.7. The Kier molecular flexibility index (Phi) is 2.31. The largest absolute Gasteiger partial charge is 0.314 e. The van der Waals surface area contributed by atoms with E-state index >= 15 is 0 Å². The van der Waals surface area contributed by atoms with E-state index in [0.717, 1.165) is 25.9 Å². The lowest BCUT2D eigenvalue weighted by molar-refractivity contribution is -0.154. The van der Waals surface area contributed by atoms with E-state index in [9.17, 15) is 9.59 Å². The van der Waals surface area contributed by atoms with Crippen molar-refractivity contribution in [3.05, 3.63) is 0 Å². The lowest BCUT2D eigenvalue weighted by Gasteiger charge is -2.38. The fourth-order valence-electron chi connectivity index (χ4n) is 2.35. The van der Waals surface area contributed by atoms with Crippen LogP contribution in [0.1, 0.15) is 32.6 Å². The van der Waals surface area contributed by atoms with Gasteiger partial charge in [0.2, 0.25) is 11.8 Å². The van der Waals surface area contributed by atoms with Gasteiger partial charge in [-0.15, -0.1) is 0 Å². The monoisotopic (exact) mass is 196 g/mol. The van der Waals surface area contributed by atoms with Gasteiger partial charge < -0.3 is 5.32 Å². The highest BCUT2D eigenvalue weighted by Crippen LogP contribution is 2.27. The van der Waals surface area contributed by atoms with Crippen LogP contribution in [0.5, 0.6) is 0 Å². The molecule has 4 nitrogen and oxygen atoms in total. The van der Waals surface area contributed by atoms with Crippen molar-refractivity contribution in [1.29, 1.82) is 0 Å². The van der Waals surface area contributed by atoms with Crippen molar-refractivity contribution < 1.29 is 9.59 Å². The highest BCUT2D eigenvalue weighted by atomic mass is 16.2. The maximum Gasteiger partial charge on any atom is 0.229 e. The zero-order valence-electron chi connectivity index (χ0n) is 8.51. The number of carbonyl (C=O) groups is 2. The van der Waals surface area contributed by atoms with Crippen LogP contribution in [0.2, 0.25) is 0 Å². The molecule has 4 heteroatoms. The number of hydrogen-bond donors (Lipinski definition) is 1. The Labute approximate surface area is 83.6 Å². The standard InChI is InChI=1S/C10H16N2O2/c1-10(5-6-11-7-10)12-8(13)3-2-4-9(12)14/h11H,2-7H2,1H3. The van der Waals surface area contributed by atoms with Crippen LogP contribution >= 0.6 is 0 Å². The molecule has 0 bridgehead atoms. The lowest BCUT2D eigenvalue weighted by atomic mass is 9.95. The fraction of sp³-hybridized carbons (Fsp3) is 0.800. The molecule has 1 unspecified atom stereocenters. The summed E-state index contributed by atoms with van der Waals surface area (Å²) in [6, 6.07) is 0. The molecule has 0 radical (unpaired) electrons. The Balaban J connectivity index is 2.21. The summed E-state index contributed by atoms with van der Waals surface area (Å²) in [7, 11) is 0. The molecule has 78 valence electrons. The van der Waals surface area contributed by atoms with E-state index in [-0.39, 0.29) is 17.4 Å². The van der Waals surface area contributed by atoms with Gasteiger partial charge in [0.15, 0.2) is 0 Å². The van der Waals surface area contributed by atoms with E-state index in [1.807, 2.05) is 6.92 Å². The lowest BCUT2D eigenvalue weighted by Crippen LogP contribution is -2.55. The number of piperidine rings is 1. The molecule has 14 heavy (non-hydrogen) atoms. The van der Waals surface area contributed by atoms with Crippen molar-refractivity contribution in [2.45, 2.75) is 38.1 Å². The van der Waals surface area contributed by atoms with Crippen LogP contribution in [0, 0.1) is 0 Å². The van der Waals surface area contributed by atoms with E-state index in [0.29, 0.717) is 12.8 Å². The van der Waals surface area contributed by atoms with Gasteiger partial charge in [0.1, 0.15) is 0 Å². The molecule has 2 heterocycles. The zero-order valence-corrected chi connectivity index (χ0v) is 8.51. The van der Waals surface area contributed by atoms with E-state index in [2.05, 4.69) is 5.32 Å². The molecule has 2 amide bonds. The first-order chi connectivity index (χ1) is 6.63. The molecule has 0 saturated carbocycles. The average Bonchev–Trinajstić information content (AvgIpc) is 2.52. The van der Waals surface area contributed by atoms with E-state index in [1.165, 1.54) is 4.90 Å². The predicted molar refractivity (Wildman–Crippen MR) is 51.6 cm³/mol. The van der Waals surface area contributed by atoms with Crippen LogP contribution in [0.4, 0.5) is 0 Å². The quantitative estimate of drug-likeness (QED) is 0.613. The van der Waals surface area contributed by atoms with Crippen LogP contribution in [-0.4, -0.2) is 35.3 Å². The summed E-state index contributed by atoms with van der Waals surface area (Å²) in [5.74, 6) is 0.0138. The Morgan fingerprint density at radius 1 is 1.29 bits per heavy atom. The van der Waals surface area contributed by atoms with Crippen molar-refractivity contribution in [3.63, 3.8) is 0 Å². The number of likely N-dealkylation sites (tertiary alicyclic amines) is 1. The number of carbonyl (C=O) groups excluding carboxylic acids is 2. The summed E-state index contributed by atoms with van der Waals surface area (Å²) < 4.78 is 0. The second-order valence-electron chi connectivity index (χ2n) is 4.40. The highest BCUT2D eigenvalue weighted by Gasteiger charge is 2.42. The minimum atomic E-state index is -0.269. The second kappa shape index (κ2) is 3.35. The third kappa shape index (κ3) is 1.43. The second-order valence-corrected chi connectivity index (χ2v) is 4.40. The van der Waals surface area contributed by atoms with Crippen molar-refractivity contribution in [1.82, 2.24) is 10.2 Å². The number of amides is 2. The maximum absolute atomic E-state index is 11.7. The van der Waals surface area contributed by atoms with E-state index in [4.69, 9.17) is 0 Å². The van der Waals surface area contributed by atoms with Crippen molar-refractivity contribution in [3.8, 4) is 0 Å². The van der Waals surface area contributed by atoms with E-state index < -0.39 is 0 Å². The Hall–Kier alpha value is -0.900. The number of nitrogens with zero attached hydrogens (tertiary/aromatic N) is 1. The van der Waals surface area contributed by atoms with Crippen molar-refractivity contribution in [2.75, 3.05) is 13.1 Å². The summed E-state index contributed by atoms with van der Waals surface area (Å²) in [6.45, 7) is 3.63. The molecule has 2 fully saturated rings. The van der Waals surface area contributed by atoms with Gasteiger partial charge in [0.05, 0.1) is 5.54 Å². The SMILES string of the molecule is CC1(N2C(=O)CCCC2=O)CCNC1. The summed E-state index contributed by atoms with van der Waals surface area (Å²) >= 11 is 0. The van der Waals surface area contributed by atoms with Crippen molar-refractivity contribution in [2.24, 2.45) is 0 Å². The zero-order chi connectivity index (χ0) is 10.2. The average molecular weight is 196 g/mol. The minimum absolute atomic E-state index is 0.00690. The number of hydrogen-bond acceptors (Lipinski definition) is 3. The topological polar surface area (TPSA) is 49.4 Å². The Morgan fingerprint density at radius 3 is 2.43 bits per heavy atom. The number of imide groups is 1. The van der Waals surface area contributed by atoms with E-state index in [1.54, 1.807) is 0 Å². The Bertz CT molecular complexity index is 253.